The molecule has 0 aliphatic rings. The Morgan fingerprint density at radius 3 is 2.35 bits per heavy atom. The molecule has 1 aromatic rings. The molecule has 3 nitrogen and oxygen atoms in total. The highest BCUT2D eigenvalue weighted by Gasteiger charge is 2.09. The van der Waals surface area contributed by atoms with Crippen LogP contribution in [0.4, 0.5) is 0 Å². The minimum absolute atomic E-state index is 0.270. The number of carbonyl (C=O) groups is 1. The summed E-state index contributed by atoms with van der Waals surface area (Å²) >= 11 is 0. The first-order valence-electron chi connectivity index (χ1n) is 5.85. The predicted octanol–water partition coefficient (Wildman–Crippen LogP) is 2.92. The van der Waals surface area contributed by atoms with Crippen LogP contribution in [0.5, 0.6) is 11.5 Å². The molecule has 0 N–H and O–H groups in total. The van der Waals surface area contributed by atoms with Gasteiger partial charge in [0.2, 0.25) is 0 Å². The van der Waals surface area contributed by atoms with Gasteiger partial charge < -0.3 is 9.47 Å². The van der Waals surface area contributed by atoms with Crippen LogP contribution in [0, 0.1) is 6.92 Å². The SMILES string of the molecule is CCC(=O)CCc1cc(OC)c(C)cc1OC. The maximum Gasteiger partial charge on any atom is 0.132 e. The van der Waals surface area contributed by atoms with Crippen molar-refractivity contribution >= 4 is 5.78 Å². The molecule has 3 heteroatoms. The highest BCUT2D eigenvalue weighted by atomic mass is 16.5. The molecular formula is C14H20O3. The fourth-order valence-corrected chi connectivity index (χ4v) is 1.76. The van der Waals surface area contributed by atoms with Crippen molar-refractivity contribution in [3.05, 3.63) is 23.3 Å². The molecule has 0 aliphatic carbocycles. The molecule has 94 valence electrons. The van der Waals surface area contributed by atoms with Gasteiger partial charge in [0.05, 0.1) is 14.2 Å². The van der Waals surface area contributed by atoms with Gasteiger partial charge in [-0.1, -0.05) is 6.92 Å². The number of hydrogen-bond acceptors (Lipinski definition) is 3. The summed E-state index contributed by atoms with van der Waals surface area (Å²) < 4.78 is 10.6. The summed E-state index contributed by atoms with van der Waals surface area (Å²) in [5.74, 6) is 1.93. The van der Waals surface area contributed by atoms with Gasteiger partial charge in [-0.3, -0.25) is 4.79 Å². The summed E-state index contributed by atoms with van der Waals surface area (Å²) in [5.41, 5.74) is 2.06. The van der Waals surface area contributed by atoms with Crippen LogP contribution in [-0.4, -0.2) is 20.0 Å². The zero-order chi connectivity index (χ0) is 12.8. The minimum Gasteiger partial charge on any atom is -0.496 e. The first-order chi connectivity index (χ1) is 8.12. The van der Waals surface area contributed by atoms with E-state index in [0.717, 1.165) is 22.6 Å². The van der Waals surface area contributed by atoms with Crippen molar-refractivity contribution in [1.82, 2.24) is 0 Å². The van der Waals surface area contributed by atoms with Crippen LogP contribution in [0.25, 0.3) is 0 Å². The summed E-state index contributed by atoms with van der Waals surface area (Å²) in [6.07, 6.45) is 1.84. The van der Waals surface area contributed by atoms with Crippen LogP contribution in [0.15, 0.2) is 12.1 Å². The number of hydrogen-bond donors (Lipinski definition) is 0. The largest absolute Gasteiger partial charge is 0.496 e. The summed E-state index contributed by atoms with van der Waals surface area (Å²) in [5, 5.41) is 0. The third-order valence-electron chi connectivity index (χ3n) is 2.87. The number of benzene rings is 1. The zero-order valence-corrected chi connectivity index (χ0v) is 11.0. The molecule has 1 rings (SSSR count). The molecule has 0 bridgehead atoms. The van der Waals surface area contributed by atoms with Gasteiger partial charge in [-0.05, 0) is 36.6 Å². The molecule has 0 amide bonds. The van der Waals surface area contributed by atoms with Crippen molar-refractivity contribution in [2.75, 3.05) is 14.2 Å². The Balaban J connectivity index is 2.92. The number of methoxy groups -OCH3 is 2. The zero-order valence-electron chi connectivity index (χ0n) is 11.0. The van der Waals surface area contributed by atoms with E-state index >= 15 is 0 Å². The lowest BCUT2D eigenvalue weighted by Gasteiger charge is -2.12. The van der Waals surface area contributed by atoms with Gasteiger partial charge in [0.25, 0.3) is 0 Å². The molecule has 0 saturated heterocycles. The third kappa shape index (κ3) is 3.48. The highest BCUT2D eigenvalue weighted by molar-refractivity contribution is 5.78. The number of carbonyl (C=O) groups excluding carboxylic acids is 1. The van der Waals surface area contributed by atoms with E-state index in [1.807, 2.05) is 26.0 Å². The summed E-state index contributed by atoms with van der Waals surface area (Å²) in [4.78, 5) is 11.3. The van der Waals surface area contributed by atoms with Crippen LogP contribution in [0.3, 0.4) is 0 Å². The van der Waals surface area contributed by atoms with Crippen LogP contribution in [0.2, 0.25) is 0 Å². The second-order valence-corrected chi connectivity index (χ2v) is 4.03. The molecule has 17 heavy (non-hydrogen) atoms. The predicted molar refractivity (Wildman–Crippen MR) is 67.9 cm³/mol. The van der Waals surface area contributed by atoms with Gasteiger partial charge in [0.1, 0.15) is 17.3 Å². The molecule has 0 aromatic heterocycles. The van der Waals surface area contributed by atoms with Crippen molar-refractivity contribution in [1.29, 1.82) is 0 Å². The summed E-state index contributed by atoms with van der Waals surface area (Å²) in [6.45, 7) is 3.86. The average molecular weight is 236 g/mol. The van der Waals surface area contributed by atoms with Crippen molar-refractivity contribution in [2.24, 2.45) is 0 Å². The lowest BCUT2D eigenvalue weighted by atomic mass is 10.0. The van der Waals surface area contributed by atoms with Crippen molar-refractivity contribution in [3.63, 3.8) is 0 Å². The Morgan fingerprint density at radius 2 is 1.82 bits per heavy atom. The normalized spacial score (nSPS) is 10.1. The molecule has 0 spiro atoms. The van der Waals surface area contributed by atoms with Crippen LogP contribution >= 0.6 is 0 Å². The van der Waals surface area contributed by atoms with Gasteiger partial charge in [-0.2, -0.15) is 0 Å². The quantitative estimate of drug-likeness (QED) is 0.761. The third-order valence-corrected chi connectivity index (χ3v) is 2.87. The van der Waals surface area contributed by atoms with Crippen molar-refractivity contribution in [2.45, 2.75) is 33.1 Å². The fourth-order valence-electron chi connectivity index (χ4n) is 1.76. The topological polar surface area (TPSA) is 35.5 Å². The fraction of sp³-hybridized carbons (Fsp3) is 0.500. The Hall–Kier alpha value is -1.51. The monoisotopic (exact) mass is 236 g/mol. The number of rotatable bonds is 6. The van der Waals surface area contributed by atoms with Gasteiger partial charge in [0.15, 0.2) is 0 Å². The van der Waals surface area contributed by atoms with Crippen LogP contribution < -0.4 is 9.47 Å². The number of ketones is 1. The smallest absolute Gasteiger partial charge is 0.132 e. The highest BCUT2D eigenvalue weighted by Crippen LogP contribution is 2.29. The molecule has 0 fully saturated rings. The molecular weight excluding hydrogens is 216 g/mol. The minimum atomic E-state index is 0.270. The van der Waals surface area contributed by atoms with Crippen LogP contribution in [-0.2, 0) is 11.2 Å². The van der Waals surface area contributed by atoms with E-state index in [9.17, 15) is 4.79 Å². The van der Waals surface area contributed by atoms with Gasteiger partial charge in [-0.25, -0.2) is 0 Å². The Labute approximate surface area is 103 Å². The van der Waals surface area contributed by atoms with Gasteiger partial charge in [-0.15, -0.1) is 0 Å². The maximum absolute atomic E-state index is 11.3. The van der Waals surface area contributed by atoms with Crippen molar-refractivity contribution in [3.8, 4) is 11.5 Å². The molecule has 0 aliphatic heterocycles. The number of aryl methyl sites for hydroxylation is 2. The molecule has 0 unspecified atom stereocenters. The van der Waals surface area contributed by atoms with Crippen molar-refractivity contribution < 1.29 is 14.3 Å². The second kappa shape index (κ2) is 6.28. The van der Waals surface area contributed by atoms with Gasteiger partial charge >= 0.3 is 0 Å². The molecule has 0 heterocycles. The first kappa shape index (κ1) is 13.6. The number of Topliss-reactive ketones (excluding diaryl/α,β-unsaturated/α-hetero) is 1. The van der Waals surface area contributed by atoms with E-state index in [4.69, 9.17) is 9.47 Å². The standard InChI is InChI=1S/C14H20O3/c1-5-12(15)7-6-11-9-13(16-3)10(2)8-14(11)17-4/h8-9H,5-7H2,1-4H3. The maximum atomic E-state index is 11.3. The number of ether oxygens (including phenoxy) is 2. The second-order valence-electron chi connectivity index (χ2n) is 4.03. The molecule has 1 aromatic carbocycles. The average Bonchev–Trinajstić information content (AvgIpc) is 2.36. The van der Waals surface area contributed by atoms with E-state index in [1.165, 1.54) is 0 Å². The lowest BCUT2D eigenvalue weighted by Crippen LogP contribution is -2.01. The lowest BCUT2D eigenvalue weighted by molar-refractivity contribution is -0.118. The summed E-state index contributed by atoms with van der Waals surface area (Å²) in [6, 6.07) is 3.90. The first-order valence-corrected chi connectivity index (χ1v) is 5.85. The molecule has 0 saturated carbocycles. The summed E-state index contributed by atoms with van der Waals surface area (Å²) in [7, 11) is 3.29. The van der Waals surface area contributed by atoms with E-state index < -0.39 is 0 Å². The Bertz CT molecular complexity index is 397. The van der Waals surface area contributed by atoms with E-state index in [-0.39, 0.29) is 5.78 Å². The van der Waals surface area contributed by atoms with Crippen LogP contribution in [0.1, 0.15) is 30.9 Å². The van der Waals surface area contributed by atoms with E-state index in [0.29, 0.717) is 19.3 Å². The Morgan fingerprint density at radius 1 is 1.18 bits per heavy atom. The van der Waals surface area contributed by atoms with E-state index in [1.54, 1.807) is 14.2 Å². The van der Waals surface area contributed by atoms with Gasteiger partial charge in [0, 0.05) is 12.8 Å². The molecule has 0 radical (unpaired) electrons. The van der Waals surface area contributed by atoms with E-state index in [2.05, 4.69) is 0 Å². The molecule has 0 atom stereocenters. The Kier molecular flexibility index (Phi) is 5.01.